The minimum Gasteiger partial charge on any atom is -0.493 e. The fraction of sp³-hybridized carbons (Fsp3) is 0.300. The third-order valence-electron chi connectivity index (χ3n) is 5.54. The van der Waals surface area contributed by atoms with Crippen molar-refractivity contribution in [2.45, 2.75) is 56.6 Å². The lowest BCUT2D eigenvalue weighted by atomic mass is 10.1. The van der Waals surface area contributed by atoms with Gasteiger partial charge in [-0.05, 0) is 74.6 Å². The number of hydrogen-bond acceptors (Lipinski definition) is 6. The standard InChI is InChI=1S/C30H35NO6S/c1-23(2)37-30(33)20-18-25-11-6-7-16-29(25)36-21-9-13-27(32)19-17-24-10-8-12-26(22-24)31-38(34,35)28-14-4-3-5-15-28/h3-8,10-12,14-17,19,22-23,27,31-32H,9,13,18,20-21H2,1-2H3. The van der Waals surface area contributed by atoms with Crippen molar-refractivity contribution >= 4 is 27.8 Å². The number of aliphatic hydroxyl groups is 1. The number of rotatable bonds is 14. The molecule has 0 fully saturated rings. The molecular formula is C30H35NO6S. The van der Waals surface area contributed by atoms with E-state index in [1.54, 1.807) is 48.6 Å². The minimum absolute atomic E-state index is 0.133. The molecule has 0 aliphatic heterocycles. The van der Waals surface area contributed by atoms with Gasteiger partial charge in [-0.1, -0.05) is 60.7 Å². The Bertz CT molecular complexity index is 1310. The SMILES string of the molecule is CC(C)OC(=O)CCc1ccccc1OCCCC(O)C=Cc1cccc(NS(=O)(=O)c2ccccc2)c1. The predicted octanol–water partition coefficient (Wildman–Crippen LogP) is 5.60. The molecule has 2 N–H and O–H groups in total. The van der Waals surface area contributed by atoms with Gasteiger partial charge in [-0.15, -0.1) is 0 Å². The number of hydrogen-bond donors (Lipinski definition) is 2. The van der Waals surface area contributed by atoms with Crippen LogP contribution in [0.4, 0.5) is 5.69 Å². The Kier molecular flexibility index (Phi) is 10.9. The van der Waals surface area contributed by atoms with Crippen LogP contribution in [0.1, 0.15) is 44.2 Å². The van der Waals surface area contributed by atoms with Gasteiger partial charge < -0.3 is 14.6 Å². The number of ether oxygens (including phenoxy) is 2. The van der Waals surface area contributed by atoms with E-state index < -0.39 is 16.1 Å². The predicted molar refractivity (Wildman–Crippen MR) is 149 cm³/mol. The lowest BCUT2D eigenvalue weighted by Crippen LogP contribution is -2.12. The zero-order valence-electron chi connectivity index (χ0n) is 21.7. The molecule has 0 saturated heterocycles. The quantitative estimate of drug-likeness (QED) is 0.205. The maximum Gasteiger partial charge on any atom is 0.306 e. The van der Waals surface area contributed by atoms with E-state index >= 15 is 0 Å². The molecule has 1 atom stereocenters. The smallest absolute Gasteiger partial charge is 0.306 e. The van der Waals surface area contributed by atoms with Gasteiger partial charge in [-0.3, -0.25) is 9.52 Å². The van der Waals surface area contributed by atoms with Crippen LogP contribution in [0.2, 0.25) is 0 Å². The van der Waals surface area contributed by atoms with Crippen molar-refractivity contribution in [3.8, 4) is 5.75 Å². The summed E-state index contributed by atoms with van der Waals surface area (Å²) in [6, 6.07) is 22.8. The van der Waals surface area contributed by atoms with E-state index in [-0.39, 0.29) is 23.4 Å². The van der Waals surface area contributed by atoms with Gasteiger partial charge in [0, 0.05) is 12.1 Å². The first-order chi connectivity index (χ1) is 18.2. The topological polar surface area (TPSA) is 102 Å². The Morgan fingerprint density at radius 3 is 2.50 bits per heavy atom. The first-order valence-corrected chi connectivity index (χ1v) is 14.2. The molecule has 202 valence electrons. The Morgan fingerprint density at radius 1 is 1.00 bits per heavy atom. The Morgan fingerprint density at radius 2 is 1.74 bits per heavy atom. The molecule has 38 heavy (non-hydrogen) atoms. The molecule has 3 rings (SSSR count). The molecular weight excluding hydrogens is 502 g/mol. The van der Waals surface area contributed by atoms with Crippen molar-refractivity contribution in [2.24, 2.45) is 0 Å². The van der Waals surface area contributed by atoms with E-state index in [4.69, 9.17) is 9.47 Å². The zero-order valence-corrected chi connectivity index (χ0v) is 22.6. The Balaban J connectivity index is 1.46. The highest BCUT2D eigenvalue weighted by atomic mass is 32.2. The third-order valence-corrected chi connectivity index (χ3v) is 6.94. The second-order valence-corrected chi connectivity index (χ2v) is 10.8. The van der Waals surface area contributed by atoms with Gasteiger partial charge in [0.1, 0.15) is 5.75 Å². The first kappa shape index (κ1) is 28.9. The molecule has 8 heteroatoms. The van der Waals surface area contributed by atoms with Crippen LogP contribution in [0.25, 0.3) is 6.08 Å². The van der Waals surface area contributed by atoms with E-state index in [0.717, 1.165) is 16.9 Å². The van der Waals surface area contributed by atoms with E-state index in [9.17, 15) is 18.3 Å². The first-order valence-electron chi connectivity index (χ1n) is 12.7. The third kappa shape index (κ3) is 9.68. The summed E-state index contributed by atoms with van der Waals surface area (Å²) in [7, 11) is -3.68. The Labute approximate surface area is 225 Å². The maximum absolute atomic E-state index is 12.6. The van der Waals surface area contributed by atoms with Crippen molar-refractivity contribution in [1.82, 2.24) is 0 Å². The highest BCUT2D eigenvalue weighted by Crippen LogP contribution is 2.21. The van der Waals surface area contributed by atoms with Crippen LogP contribution in [0.3, 0.4) is 0 Å². The molecule has 3 aromatic carbocycles. The van der Waals surface area contributed by atoms with E-state index in [1.165, 1.54) is 12.1 Å². The van der Waals surface area contributed by atoms with Gasteiger partial charge in [0.05, 0.1) is 23.7 Å². The van der Waals surface area contributed by atoms with Gasteiger partial charge in [0.15, 0.2) is 0 Å². The van der Waals surface area contributed by atoms with Crippen molar-refractivity contribution < 1.29 is 27.8 Å². The zero-order chi connectivity index (χ0) is 27.4. The molecule has 0 radical (unpaired) electrons. The lowest BCUT2D eigenvalue weighted by Gasteiger charge is -2.13. The van der Waals surface area contributed by atoms with Crippen LogP contribution >= 0.6 is 0 Å². The van der Waals surface area contributed by atoms with Crippen LogP contribution in [0.5, 0.6) is 5.75 Å². The summed E-state index contributed by atoms with van der Waals surface area (Å²) < 4.78 is 38.8. The summed E-state index contributed by atoms with van der Waals surface area (Å²) in [5.41, 5.74) is 2.14. The number of nitrogens with one attached hydrogen (secondary N) is 1. The lowest BCUT2D eigenvalue weighted by molar-refractivity contribution is -0.147. The number of aliphatic hydroxyl groups excluding tert-OH is 1. The van der Waals surface area contributed by atoms with Crippen LogP contribution in [-0.2, 0) is 26.0 Å². The summed E-state index contributed by atoms with van der Waals surface area (Å²) in [5.74, 6) is 0.494. The van der Waals surface area contributed by atoms with Crippen molar-refractivity contribution in [3.63, 3.8) is 0 Å². The summed E-state index contributed by atoms with van der Waals surface area (Å²) in [6.45, 7) is 4.08. The van der Waals surface area contributed by atoms with E-state index in [0.29, 0.717) is 31.6 Å². The molecule has 7 nitrogen and oxygen atoms in total. The maximum atomic E-state index is 12.6. The second kappa shape index (κ2) is 14.4. The van der Waals surface area contributed by atoms with Crippen LogP contribution in [0, 0.1) is 0 Å². The van der Waals surface area contributed by atoms with Crippen LogP contribution in [0.15, 0.2) is 89.8 Å². The number of esters is 1. The highest BCUT2D eigenvalue weighted by Gasteiger charge is 2.13. The number of aryl methyl sites for hydroxylation is 1. The molecule has 0 aliphatic carbocycles. The normalized spacial score (nSPS) is 12.4. The molecule has 1 unspecified atom stereocenters. The number of benzene rings is 3. The van der Waals surface area contributed by atoms with Crippen LogP contribution in [-0.4, -0.2) is 38.3 Å². The van der Waals surface area contributed by atoms with Crippen molar-refractivity contribution in [1.29, 1.82) is 0 Å². The molecule has 0 heterocycles. The van der Waals surface area contributed by atoms with E-state index in [1.807, 2.05) is 44.2 Å². The number of anilines is 1. The fourth-order valence-corrected chi connectivity index (χ4v) is 4.79. The number of para-hydroxylation sites is 1. The molecule has 0 saturated carbocycles. The van der Waals surface area contributed by atoms with Gasteiger partial charge in [-0.2, -0.15) is 0 Å². The molecule has 3 aromatic rings. The van der Waals surface area contributed by atoms with Crippen molar-refractivity contribution in [3.05, 3.63) is 96.1 Å². The molecule has 0 aromatic heterocycles. The largest absolute Gasteiger partial charge is 0.493 e. The van der Waals surface area contributed by atoms with E-state index in [2.05, 4.69) is 4.72 Å². The highest BCUT2D eigenvalue weighted by molar-refractivity contribution is 7.92. The summed E-state index contributed by atoms with van der Waals surface area (Å²) in [5, 5.41) is 10.4. The van der Waals surface area contributed by atoms with Gasteiger partial charge in [-0.25, -0.2) is 8.42 Å². The van der Waals surface area contributed by atoms with Gasteiger partial charge >= 0.3 is 5.97 Å². The average Bonchev–Trinajstić information content (AvgIpc) is 2.89. The average molecular weight is 538 g/mol. The monoisotopic (exact) mass is 537 g/mol. The Hall–Kier alpha value is -3.62. The minimum atomic E-state index is -3.68. The number of sulfonamides is 1. The fourth-order valence-electron chi connectivity index (χ4n) is 3.72. The molecule has 0 spiro atoms. The van der Waals surface area contributed by atoms with Crippen molar-refractivity contribution in [2.75, 3.05) is 11.3 Å². The molecule has 0 aliphatic rings. The second-order valence-electron chi connectivity index (χ2n) is 9.11. The molecule has 0 amide bonds. The van der Waals surface area contributed by atoms with Gasteiger partial charge in [0.2, 0.25) is 0 Å². The number of carbonyl (C=O) groups excluding carboxylic acids is 1. The number of carbonyl (C=O) groups is 1. The molecule has 0 bridgehead atoms. The summed E-state index contributed by atoms with van der Waals surface area (Å²) in [6.07, 6.45) is 4.59. The summed E-state index contributed by atoms with van der Waals surface area (Å²) >= 11 is 0. The van der Waals surface area contributed by atoms with Gasteiger partial charge in [0.25, 0.3) is 10.0 Å². The summed E-state index contributed by atoms with van der Waals surface area (Å²) in [4.78, 5) is 12.0. The van der Waals surface area contributed by atoms with Crippen LogP contribution < -0.4 is 9.46 Å².